The number of nitrogens with one attached hydrogen (secondary N) is 2. The normalized spacial score (nSPS) is 19.4. The summed E-state index contributed by atoms with van der Waals surface area (Å²) in [7, 11) is 0. The number of benzene rings is 1. The molecular formula is C23H31ClN4O3S. The summed E-state index contributed by atoms with van der Waals surface area (Å²) in [6.45, 7) is 8.86. The van der Waals surface area contributed by atoms with Crippen molar-refractivity contribution in [2.45, 2.75) is 32.4 Å². The number of fused-ring (bicyclic) bond motifs is 1. The smallest absolute Gasteiger partial charge is 0.253 e. The highest BCUT2D eigenvalue weighted by atomic mass is 35.5. The SMILES string of the molecule is Cc1cc2cc(CN(CCN3CCOCC3)C(=S)NC[C@H]3CCCO3)c(=O)[nH]c2cc1Cl. The molecule has 2 fully saturated rings. The first-order valence-corrected chi connectivity index (χ1v) is 12.0. The van der Waals surface area contributed by atoms with Crippen LogP contribution in [0.3, 0.4) is 0 Å². The molecule has 4 rings (SSSR count). The predicted octanol–water partition coefficient (Wildman–Crippen LogP) is 2.68. The maximum Gasteiger partial charge on any atom is 0.253 e. The molecule has 0 bridgehead atoms. The third kappa shape index (κ3) is 5.99. The van der Waals surface area contributed by atoms with Crippen LogP contribution < -0.4 is 10.9 Å². The summed E-state index contributed by atoms with van der Waals surface area (Å²) in [5, 5.41) is 5.63. The Balaban J connectivity index is 1.49. The largest absolute Gasteiger partial charge is 0.379 e. The molecule has 1 aromatic carbocycles. The zero-order chi connectivity index (χ0) is 22.5. The lowest BCUT2D eigenvalue weighted by Gasteiger charge is -2.31. The average molecular weight is 479 g/mol. The van der Waals surface area contributed by atoms with Gasteiger partial charge in [-0.3, -0.25) is 9.69 Å². The third-order valence-corrected chi connectivity index (χ3v) is 6.95. The summed E-state index contributed by atoms with van der Waals surface area (Å²) < 4.78 is 11.2. The van der Waals surface area contributed by atoms with Gasteiger partial charge in [0.1, 0.15) is 0 Å². The number of aromatic amines is 1. The Morgan fingerprint density at radius 3 is 2.88 bits per heavy atom. The molecule has 7 nitrogen and oxygen atoms in total. The van der Waals surface area contributed by atoms with Gasteiger partial charge in [-0.2, -0.15) is 0 Å². The summed E-state index contributed by atoms with van der Waals surface area (Å²) in [5.41, 5.74) is 2.29. The molecule has 0 aliphatic carbocycles. The van der Waals surface area contributed by atoms with Gasteiger partial charge in [0.2, 0.25) is 0 Å². The van der Waals surface area contributed by atoms with E-state index in [4.69, 9.17) is 33.3 Å². The number of pyridine rings is 1. The van der Waals surface area contributed by atoms with Gasteiger partial charge in [-0.15, -0.1) is 0 Å². The van der Waals surface area contributed by atoms with Crippen molar-refractivity contribution in [3.63, 3.8) is 0 Å². The van der Waals surface area contributed by atoms with Crippen LogP contribution in [-0.2, 0) is 16.0 Å². The molecule has 3 heterocycles. The number of ether oxygens (including phenoxy) is 2. The first kappa shape index (κ1) is 23.4. The summed E-state index contributed by atoms with van der Waals surface area (Å²) in [4.78, 5) is 20.3. The van der Waals surface area contributed by atoms with Gasteiger partial charge in [0.25, 0.3) is 5.56 Å². The number of nitrogens with zero attached hydrogens (tertiary/aromatic N) is 2. The molecule has 2 aliphatic rings. The third-order valence-electron chi connectivity index (χ3n) is 6.14. The molecule has 0 saturated carbocycles. The second-order valence-electron chi connectivity index (χ2n) is 8.51. The Morgan fingerprint density at radius 1 is 1.31 bits per heavy atom. The van der Waals surface area contributed by atoms with Crippen LogP contribution in [0.25, 0.3) is 10.9 Å². The van der Waals surface area contributed by atoms with Crippen LogP contribution in [0.5, 0.6) is 0 Å². The minimum Gasteiger partial charge on any atom is -0.379 e. The van der Waals surface area contributed by atoms with Gasteiger partial charge in [-0.25, -0.2) is 0 Å². The molecule has 0 radical (unpaired) electrons. The summed E-state index contributed by atoms with van der Waals surface area (Å²) in [5.74, 6) is 0. The average Bonchev–Trinajstić information content (AvgIpc) is 3.31. The first-order chi connectivity index (χ1) is 15.5. The minimum atomic E-state index is -0.115. The molecular weight excluding hydrogens is 448 g/mol. The van der Waals surface area contributed by atoms with E-state index in [9.17, 15) is 4.79 Å². The highest BCUT2D eigenvalue weighted by Gasteiger charge is 2.19. The highest BCUT2D eigenvalue weighted by molar-refractivity contribution is 7.80. The maximum atomic E-state index is 12.8. The van der Waals surface area contributed by atoms with E-state index in [-0.39, 0.29) is 11.7 Å². The Hall–Kier alpha value is -1.71. The molecule has 1 aromatic heterocycles. The minimum absolute atomic E-state index is 0.115. The zero-order valence-electron chi connectivity index (χ0n) is 18.5. The molecule has 0 amide bonds. The van der Waals surface area contributed by atoms with E-state index in [1.165, 1.54) is 0 Å². The number of rotatable bonds is 7. The van der Waals surface area contributed by atoms with Gasteiger partial charge in [-0.05, 0) is 61.1 Å². The van der Waals surface area contributed by atoms with Gasteiger partial charge < -0.3 is 24.7 Å². The molecule has 174 valence electrons. The van der Waals surface area contributed by atoms with Gasteiger partial charge in [0.05, 0.1) is 25.9 Å². The molecule has 0 unspecified atom stereocenters. The Morgan fingerprint density at radius 2 is 2.12 bits per heavy atom. The van der Waals surface area contributed by atoms with Crippen molar-refractivity contribution in [1.29, 1.82) is 0 Å². The van der Waals surface area contributed by atoms with Gasteiger partial charge in [0.15, 0.2) is 5.11 Å². The fraction of sp³-hybridized carbons (Fsp3) is 0.565. The lowest BCUT2D eigenvalue weighted by Crippen LogP contribution is -2.47. The standard InChI is InChI=1S/C23H31ClN4O3S/c1-16-11-17-12-18(22(29)26-21(17)13-20(16)24)15-28(5-4-27-6-9-30-10-7-27)23(32)25-14-19-3-2-8-31-19/h11-13,19H,2-10,14-15H2,1H3,(H,25,32)(H,26,29)/t19-/m1/s1. The van der Waals surface area contributed by atoms with Crippen molar-refractivity contribution < 1.29 is 9.47 Å². The summed E-state index contributed by atoms with van der Waals surface area (Å²) in [6.07, 6.45) is 2.34. The molecule has 2 saturated heterocycles. The lowest BCUT2D eigenvalue weighted by molar-refractivity contribution is 0.0356. The van der Waals surface area contributed by atoms with E-state index in [2.05, 4.69) is 20.1 Å². The zero-order valence-corrected chi connectivity index (χ0v) is 20.1. The van der Waals surface area contributed by atoms with Crippen LogP contribution >= 0.6 is 23.8 Å². The quantitative estimate of drug-likeness (QED) is 0.593. The number of hydrogen-bond donors (Lipinski definition) is 2. The van der Waals surface area contributed by atoms with Gasteiger partial charge in [0, 0.05) is 55.4 Å². The topological polar surface area (TPSA) is 69.8 Å². The fourth-order valence-electron chi connectivity index (χ4n) is 4.17. The fourth-order valence-corrected chi connectivity index (χ4v) is 4.57. The number of thiocarbonyl (C=S) groups is 1. The van der Waals surface area contributed by atoms with E-state index in [1.54, 1.807) is 6.07 Å². The van der Waals surface area contributed by atoms with E-state index >= 15 is 0 Å². The Labute approximate surface area is 199 Å². The molecule has 2 aliphatic heterocycles. The van der Waals surface area contributed by atoms with Crippen LogP contribution in [-0.4, -0.2) is 78.5 Å². The molecule has 2 N–H and O–H groups in total. The molecule has 0 spiro atoms. The van der Waals surface area contributed by atoms with Crippen LogP contribution in [0, 0.1) is 6.92 Å². The number of morpholine rings is 1. The van der Waals surface area contributed by atoms with E-state index in [0.29, 0.717) is 28.8 Å². The Kier molecular flexibility index (Phi) is 8.02. The van der Waals surface area contributed by atoms with Crippen LogP contribution in [0.4, 0.5) is 0 Å². The van der Waals surface area contributed by atoms with E-state index < -0.39 is 0 Å². The van der Waals surface area contributed by atoms with Gasteiger partial charge >= 0.3 is 0 Å². The molecule has 2 aromatic rings. The highest BCUT2D eigenvalue weighted by Crippen LogP contribution is 2.22. The van der Waals surface area contributed by atoms with Gasteiger partial charge in [-0.1, -0.05) is 11.6 Å². The van der Waals surface area contributed by atoms with Crippen molar-refractivity contribution >= 4 is 39.8 Å². The van der Waals surface area contributed by atoms with Crippen LogP contribution in [0.1, 0.15) is 24.0 Å². The van der Waals surface area contributed by atoms with Crippen molar-refractivity contribution in [2.75, 3.05) is 52.5 Å². The van der Waals surface area contributed by atoms with E-state index in [0.717, 1.165) is 75.3 Å². The summed E-state index contributed by atoms with van der Waals surface area (Å²) >= 11 is 12.0. The van der Waals surface area contributed by atoms with Crippen molar-refractivity contribution in [3.05, 3.63) is 44.7 Å². The number of hydrogen-bond acceptors (Lipinski definition) is 5. The number of aryl methyl sites for hydroxylation is 1. The molecule has 32 heavy (non-hydrogen) atoms. The van der Waals surface area contributed by atoms with Crippen molar-refractivity contribution in [1.82, 2.24) is 20.1 Å². The molecule has 9 heteroatoms. The monoisotopic (exact) mass is 478 g/mol. The first-order valence-electron chi connectivity index (χ1n) is 11.3. The molecule has 1 atom stereocenters. The van der Waals surface area contributed by atoms with Crippen LogP contribution in [0.2, 0.25) is 5.02 Å². The number of halogens is 1. The van der Waals surface area contributed by atoms with E-state index in [1.807, 2.05) is 19.1 Å². The second-order valence-corrected chi connectivity index (χ2v) is 9.30. The lowest BCUT2D eigenvalue weighted by atomic mass is 10.1. The predicted molar refractivity (Wildman–Crippen MR) is 132 cm³/mol. The number of aromatic nitrogens is 1. The Bertz CT molecular complexity index is 1000. The number of H-pyrrole nitrogens is 1. The second kappa shape index (κ2) is 10.9. The van der Waals surface area contributed by atoms with Crippen molar-refractivity contribution in [2.24, 2.45) is 0 Å². The van der Waals surface area contributed by atoms with Crippen molar-refractivity contribution in [3.8, 4) is 0 Å². The van der Waals surface area contributed by atoms with Crippen LogP contribution in [0.15, 0.2) is 23.0 Å². The maximum absolute atomic E-state index is 12.8. The summed E-state index contributed by atoms with van der Waals surface area (Å²) in [6, 6.07) is 5.76.